The Morgan fingerprint density at radius 1 is 1.42 bits per heavy atom. The first-order valence-corrected chi connectivity index (χ1v) is 6.71. The molecule has 0 spiro atoms. The summed E-state index contributed by atoms with van der Waals surface area (Å²) < 4.78 is 5.94. The van der Waals surface area contributed by atoms with E-state index in [1.165, 1.54) is 0 Å². The van der Waals surface area contributed by atoms with Gasteiger partial charge in [-0.3, -0.25) is 4.79 Å². The molecule has 0 saturated carbocycles. The number of anilines is 1. The maximum atomic E-state index is 11.9. The normalized spacial score (nSPS) is 19.3. The van der Waals surface area contributed by atoms with Crippen molar-refractivity contribution in [1.82, 2.24) is 4.90 Å². The van der Waals surface area contributed by atoms with E-state index in [1.54, 1.807) is 4.90 Å². The van der Waals surface area contributed by atoms with Crippen LogP contribution < -0.4 is 10.5 Å². The van der Waals surface area contributed by atoms with Gasteiger partial charge >= 0.3 is 0 Å². The number of likely N-dealkylation sites (tertiary alicyclic amines) is 1. The maximum absolute atomic E-state index is 11.9. The highest BCUT2D eigenvalue weighted by molar-refractivity contribution is 5.83. The van der Waals surface area contributed by atoms with Crippen molar-refractivity contribution < 1.29 is 9.53 Å². The molecule has 1 amide bonds. The van der Waals surface area contributed by atoms with E-state index in [4.69, 9.17) is 10.5 Å². The first-order chi connectivity index (χ1) is 8.90. The molecular formula is C15H22N2O2. The van der Waals surface area contributed by atoms with Crippen LogP contribution >= 0.6 is 0 Å². The van der Waals surface area contributed by atoms with E-state index in [2.05, 4.69) is 13.8 Å². The second-order valence-corrected chi connectivity index (χ2v) is 5.56. The standard InChI is InChI=1S/C15H22N2O2/c1-9(2)11-8-12(16)10(3)7-14(11)19-13-5-6-17(4)15(13)18/h7-9,13H,5-6,16H2,1-4H3. The van der Waals surface area contributed by atoms with Crippen LogP contribution in [0.5, 0.6) is 5.75 Å². The van der Waals surface area contributed by atoms with Crippen LogP contribution in [0, 0.1) is 6.92 Å². The number of hydrogen-bond acceptors (Lipinski definition) is 3. The Hall–Kier alpha value is -1.71. The zero-order chi connectivity index (χ0) is 14.2. The summed E-state index contributed by atoms with van der Waals surface area (Å²) in [6.45, 7) is 6.91. The van der Waals surface area contributed by atoms with Crippen molar-refractivity contribution in [2.75, 3.05) is 19.3 Å². The van der Waals surface area contributed by atoms with Gasteiger partial charge in [-0.25, -0.2) is 0 Å². The molecule has 0 aliphatic carbocycles. The van der Waals surface area contributed by atoms with E-state index in [0.29, 0.717) is 5.92 Å². The first kappa shape index (κ1) is 13.7. The molecule has 0 radical (unpaired) electrons. The third-order valence-electron chi connectivity index (χ3n) is 3.67. The molecule has 1 fully saturated rings. The van der Waals surface area contributed by atoms with Crippen molar-refractivity contribution in [2.24, 2.45) is 0 Å². The molecule has 4 heteroatoms. The molecule has 4 nitrogen and oxygen atoms in total. The number of ether oxygens (including phenoxy) is 1. The lowest BCUT2D eigenvalue weighted by molar-refractivity contribution is -0.132. The van der Waals surface area contributed by atoms with Crippen LogP contribution in [0.1, 0.15) is 37.3 Å². The van der Waals surface area contributed by atoms with Crippen molar-refractivity contribution in [3.8, 4) is 5.75 Å². The molecule has 1 atom stereocenters. The van der Waals surface area contributed by atoms with Crippen LogP contribution in [0.4, 0.5) is 5.69 Å². The number of aryl methyl sites for hydroxylation is 1. The quantitative estimate of drug-likeness (QED) is 0.850. The highest BCUT2D eigenvalue weighted by Crippen LogP contribution is 2.32. The molecule has 0 bridgehead atoms. The average Bonchev–Trinajstić information content (AvgIpc) is 2.65. The number of carbonyl (C=O) groups is 1. The first-order valence-electron chi connectivity index (χ1n) is 6.71. The van der Waals surface area contributed by atoms with E-state index < -0.39 is 0 Å². The Morgan fingerprint density at radius 3 is 2.63 bits per heavy atom. The molecule has 0 aromatic heterocycles. The zero-order valence-corrected chi connectivity index (χ0v) is 12.1. The van der Waals surface area contributed by atoms with Crippen molar-refractivity contribution in [1.29, 1.82) is 0 Å². The molecule has 1 heterocycles. The van der Waals surface area contributed by atoms with Gasteiger partial charge in [-0.15, -0.1) is 0 Å². The Morgan fingerprint density at radius 2 is 2.11 bits per heavy atom. The van der Waals surface area contributed by atoms with E-state index in [0.717, 1.165) is 35.5 Å². The third-order valence-corrected chi connectivity index (χ3v) is 3.67. The van der Waals surface area contributed by atoms with Crippen LogP contribution in [-0.4, -0.2) is 30.5 Å². The van der Waals surface area contributed by atoms with Gasteiger partial charge in [0.05, 0.1) is 0 Å². The van der Waals surface area contributed by atoms with Gasteiger partial charge in [0.1, 0.15) is 5.75 Å². The van der Waals surface area contributed by atoms with Gasteiger partial charge in [0, 0.05) is 25.7 Å². The highest BCUT2D eigenvalue weighted by atomic mass is 16.5. The summed E-state index contributed by atoms with van der Waals surface area (Å²) in [7, 11) is 1.81. The molecular weight excluding hydrogens is 240 g/mol. The lowest BCUT2D eigenvalue weighted by Crippen LogP contribution is -2.29. The number of nitrogens with two attached hydrogens (primary N) is 1. The molecule has 1 aliphatic heterocycles. The third kappa shape index (κ3) is 2.67. The fourth-order valence-corrected chi connectivity index (χ4v) is 2.32. The van der Waals surface area contributed by atoms with Gasteiger partial charge in [0.2, 0.25) is 0 Å². The van der Waals surface area contributed by atoms with Crippen LogP contribution in [-0.2, 0) is 4.79 Å². The summed E-state index contributed by atoms with van der Waals surface area (Å²) in [5, 5.41) is 0. The van der Waals surface area contributed by atoms with E-state index >= 15 is 0 Å². The van der Waals surface area contributed by atoms with Gasteiger partial charge in [-0.05, 0) is 36.1 Å². The number of benzene rings is 1. The molecule has 2 rings (SSSR count). The number of carbonyl (C=O) groups excluding carboxylic acids is 1. The Balaban J connectivity index is 2.29. The molecule has 1 aromatic rings. The van der Waals surface area contributed by atoms with Gasteiger partial charge in [0.25, 0.3) is 5.91 Å². The predicted octanol–water partition coefficient (Wildman–Crippen LogP) is 2.31. The van der Waals surface area contributed by atoms with Gasteiger partial charge in [-0.1, -0.05) is 13.8 Å². The summed E-state index contributed by atoms with van der Waals surface area (Å²) in [5.41, 5.74) is 8.77. The second kappa shape index (κ2) is 5.11. The zero-order valence-electron chi connectivity index (χ0n) is 12.1. The van der Waals surface area contributed by atoms with Crippen molar-refractivity contribution >= 4 is 11.6 Å². The van der Waals surface area contributed by atoms with Crippen LogP contribution in [0.25, 0.3) is 0 Å². The smallest absolute Gasteiger partial charge is 0.263 e. The van der Waals surface area contributed by atoms with Crippen LogP contribution in [0.2, 0.25) is 0 Å². The summed E-state index contributed by atoms with van der Waals surface area (Å²) in [6.07, 6.45) is 0.390. The molecule has 104 valence electrons. The fraction of sp³-hybridized carbons (Fsp3) is 0.533. The molecule has 2 N–H and O–H groups in total. The number of nitrogen functional groups attached to an aromatic ring is 1. The fourth-order valence-electron chi connectivity index (χ4n) is 2.32. The summed E-state index contributed by atoms with van der Waals surface area (Å²) >= 11 is 0. The Bertz CT molecular complexity index is 497. The van der Waals surface area contributed by atoms with Crippen molar-refractivity contribution in [3.05, 3.63) is 23.3 Å². The molecule has 19 heavy (non-hydrogen) atoms. The lowest BCUT2D eigenvalue weighted by atomic mass is 9.99. The largest absolute Gasteiger partial charge is 0.480 e. The number of likely N-dealkylation sites (N-methyl/N-ethyl adjacent to an activating group) is 1. The highest BCUT2D eigenvalue weighted by Gasteiger charge is 2.31. The summed E-state index contributed by atoms with van der Waals surface area (Å²) in [5.74, 6) is 1.16. The number of amides is 1. The van der Waals surface area contributed by atoms with E-state index in [1.807, 2.05) is 26.1 Å². The number of nitrogens with zero attached hydrogens (tertiary/aromatic N) is 1. The summed E-state index contributed by atoms with van der Waals surface area (Å²) in [4.78, 5) is 13.6. The monoisotopic (exact) mass is 262 g/mol. The minimum atomic E-state index is -0.356. The maximum Gasteiger partial charge on any atom is 0.263 e. The average molecular weight is 262 g/mol. The molecule has 1 aromatic carbocycles. The number of rotatable bonds is 3. The van der Waals surface area contributed by atoms with Gasteiger partial charge < -0.3 is 15.4 Å². The molecule has 1 aliphatic rings. The van der Waals surface area contributed by atoms with E-state index in [-0.39, 0.29) is 12.0 Å². The SMILES string of the molecule is Cc1cc(OC2CCN(C)C2=O)c(C(C)C)cc1N. The molecule has 1 unspecified atom stereocenters. The van der Waals surface area contributed by atoms with Crippen LogP contribution in [0.15, 0.2) is 12.1 Å². The molecule has 1 saturated heterocycles. The minimum Gasteiger partial charge on any atom is -0.480 e. The van der Waals surface area contributed by atoms with E-state index in [9.17, 15) is 4.79 Å². The topological polar surface area (TPSA) is 55.6 Å². The van der Waals surface area contributed by atoms with Crippen LogP contribution in [0.3, 0.4) is 0 Å². The van der Waals surface area contributed by atoms with Crippen molar-refractivity contribution in [3.63, 3.8) is 0 Å². The predicted molar refractivity (Wildman–Crippen MR) is 76.4 cm³/mol. The van der Waals surface area contributed by atoms with Gasteiger partial charge in [-0.2, -0.15) is 0 Å². The number of hydrogen-bond donors (Lipinski definition) is 1. The Kier molecular flexibility index (Phi) is 3.69. The summed E-state index contributed by atoms with van der Waals surface area (Å²) in [6, 6.07) is 3.90. The van der Waals surface area contributed by atoms with Gasteiger partial charge in [0.15, 0.2) is 6.10 Å². The minimum absolute atomic E-state index is 0.0594. The second-order valence-electron chi connectivity index (χ2n) is 5.56. The van der Waals surface area contributed by atoms with Crippen molar-refractivity contribution in [2.45, 2.75) is 39.2 Å². The Labute approximate surface area is 114 Å². The lowest BCUT2D eigenvalue weighted by Gasteiger charge is -2.19.